The van der Waals surface area contributed by atoms with Crippen molar-refractivity contribution in [2.24, 2.45) is 0 Å². The summed E-state index contributed by atoms with van der Waals surface area (Å²) < 4.78 is 1.96. The molecule has 0 spiro atoms. The molecule has 6 rings (SSSR count). The number of amides is 1. The highest BCUT2D eigenvalue weighted by Gasteiger charge is 2.39. The minimum atomic E-state index is -0.0951. The zero-order valence-electron chi connectivity index (χ0n) is 21.6. The second-order valence-corrected chi connectivity index (χ2v) is 11.5. The molecule has 4 heterocycles. The van der Waals surface area contributed by atoms with Gasteiger partial charge in [0.2, 0.25) is 0 Å². The zero-order valence-corrected chi connectivity index (χ0v) is 22.4. The van der Waals surface area contributed by atoms with Gasteiger partial charge in [0.05, 0.1) is 6.04 Å². The molecule has 2 atom stereocenters. The van der Waals surface area contributed by atoms with Crippen LogP contribution in [0.4, 0.5) is 0 Å². The van der Waals surface area contributed by atoms with Crippen molar-refractivity contribution >= 4 is 17.7 Å². The van der Waals surface area contributed by atoms with Crippen molar-refractivity contribution in [2.75, 3.05) is 31.3 Å². The number of carbonyl (C=O) groups is 1. The number of benzene rings is 2. The summed E-state index contributed by atoms with van der Waals surface area (Å²) in [4.78, 5) is 32.5. The standard InChI is InChI=1S/C30H34N4O2S/c1-21(18-31-15-8-3-9-16-31)32-20-34(33-17-14-26(35)22(2)28(33)30(32)36)29-24-11-5-4-10-23(24)19-37-27-13-7-6-12-25(27)29/h4-7,10-14,17,21,29H,3,8-9,15-16,18-20H2,1-2H3. The number of rotatable bonds is 4. The maximum absolute atomic E-state index is 14.0. The van der Waals surface area contributed by atoms with Crippen molar-refractivity contribution in [3.8, 4) is 0 Å². The Hall–Kier alpha value is -3.03. The molecule has 0 radical (unpaired) electrons. The van der Waals surface area contributed by atoms with Crippen LogP contribution in [0.3, 0.4) is 0 Å². The first-order valence-corrected chi connectivity index (χ1v) is 14.3. The van der Waals surface area contributed by atoms with E-state index in [1.54, 1.807) is 19.2 Å². The van der Waals surface area contributed by atoms with E-state index in [1.165, 1.54) is 40.8 Å². The molecule has 0 saturated carbocycles. The van der Waals surface area contributed by atoms with Gasteiger partial charge in [0.1, 0.15) is 12.4 Å². The molecule has 2 unspecified atom stereocenters. The van der Waals surface area contributed by atoms with Gasteiger partial charge in [-0.3, -0.25) is 19.3 Å². The number of hydrogen-bond acceptors (Lipinski definition) is 5. The Bertz CT molecular complexity index is 1330. The largest absolute Gasteiger partial charge is 0.314 e. The van der Waals surface area contributed by atoms with E-state index in [9.17, 15) is 9.59 Å². The van der Waals surface area contributed by atoms with Crippen LogP contribution in [0.2, 0.25) is 0 Å². The molecule has 2 aromatic carbocycles. The van der Waals surface area contributed by atoms with Crippen molar-refractivity contribution in [2.45, 2.75) is 55.8 Å². The quantitative estimate of drug-likeness (QED) is 0.502. The average molecular weight is 515 g/mol. The summed E-state index contributed by atoms with van der Waals surface area (Å²) in [6.07, 6.45) is 5.52. The van der Waals surface area contributed by atoms with Gasteiger partial charge < -0.3 is 9.80 Å². The first kappa shape index (κ1) is 24.3. The normalized spacial score (nSPS) is 20.6. The summed E-state index contributed by atoms with van der Waals surface area (Å²) in [5.74, 6) is 0.849. The molecule has 0 bridgehead atoms. The van der Waals surface area contributed by atoms with Crippen LogP contribution < -0.4 is 10.4 Å². The van der Waals surface area contributed by atoms with Crippen molar-refractivity contribution in [3.63, 3.8) is 0 Å². The lowest BCUT2D eigenvalue weighted by Gasteiger charge is -2.47. The summed E-state index contributed by atoms with van der Waals surface area (Å²) in [5.41, 5.74) is 4.69. The highest BCUT2D eigenvalue weighted by atomic mass is 32.2. The number of aromatic nitrogens is 1. The molecule has 3 aliphatic rings. The predicted octanol–water partition coefficient (Wildman–Crippen LogP) is 4.78. The maximum atomic E-state index is 14.0. The zero-order chi connectivity index (χ0) is 25.5. The monoisotopic (exact) mass is 514 g/mol. The summed E-state index contributed by atoms with van der Waals surface area (Å²) in [5, 5.41) is 2.29. The average Bonchev–Trinajstić information content (AvgIpc) is 3.08. The highest BCUT2D eigenvalue weighted by molar-refractivity contribution is 7.98. The first-order valence-electron chi connectivity index (χ1n) is 13.3. The fraction of sp³-hybridized carbons (Fsp3) is 0.400. The molecule has 7 heteroatoms. The van der Waals surface area contributed by atoms with Crippen molar-refractivity contribution in [3.05, 3.63) is 99.0 Å². The van der Waals surface area contributed by atoms with E-state index in [1.807, 2.05) is 21.3 Å². The molecule has 3 aliphatic heterocycles. The lowest BCUT2D eigenvalue weighted by atomic mass is 9.94. The minimum Gasteiger partial charge on any atom is -0.314 e. The highest BCUT2D eigenvalue weighted by Crippen LogP contribution is 2.42. The number of carbonyl (C=O) groups excluding carboxylic acids is 1. The third-order valence-electron chi connectivity index (χ3n) is 8.11. The molecule has 1 saturated heterocycles. The number of fused-ring (bicyclic) bond motifs is 3. The Labute approximate surface area is 222 Å². The summed E-state index contributed by atoms with van der Waals surface area (Å²) >= 11 is 1.86. The van der Waals surface area contributed by atoms with Gasteiger partial charge in [-0.2, -0.15) is 0 Å². The van der Waals surface area contributed by atoms with Gasteiger partial charge in [-0.1, -0.05) is 48.9 Å². The van der Waals surface area contributed by atoms with Crippen LogP contribution in [0.25, 0.3) is 0 Å². The van der Waals surface area contributed by atoms with E-state index in [4.69, 9.17) is 0 Å². The van der Waals surface area contributed by atoms with Gasteiger partial charge in [-0.15, -0.1) is 11.8 Å². The second kappa shape index (κ2) is 10.0. The Balaban J connectivity index is 1.48. The van der Waals surface area contributed by atoms with E-state index in [0.29, 0.717) is 17.9 Å². The lowest BCUT2D eigenvalue weighted by molar-refractivity contribution is 0.0548. The molecule has 0 N–H and O–H groups in total. The Kier molecular flexibility index (Phi) is 6.59. The topological polar surface area (TPSA) is 48.8 Å². The van der Waals surface area contributed by atoms with Crippen LogP contribution in [0.5, 0.6) is 0 Å². The molecule has 1 fully saturated rings. The van der Waals surface area contributed by atoms with Gasteiger partial charge in [0.25, 0.3) is 5.91 Å². The summed E-state index contributed by atoms with van der Waals surface area (Å²) in [7, 11) is 0. The van der Waals surface area contributed by atoms with E-state index in [2.05, 4.69) is 65.4 Å². The van der Waals surface area contributed by atoms with Gasteiger partial charge in [0, 0.05) is 41.1 Å². The molecule has 192 valence electrons. The van der Waals surface area contributed by atoms with E-state index >= 15 is 0 Å². The minimum absolute atomic E-state index is 0.0298. The number of piperidine rings is 1. The summed E-state index contributed by atoms with van der Waals surface area (Å²) in [6.45, 7) is 7.43. The number of pyridine rings is 1. The third kappa shape index (κ3) is 4.38. The second-order valence-electron chi connectivity index (χ2n) is 10.5. The van der Waals surface area contributed by atoms with Crippen LogP contribution in [0.15, 0.2) is 70.5 Å². The first-order chi connectivity index (χ1) is 18.0. The molecule has 6 nitrogen and oxygen atoms in total. The van der Waals surface area contributed by atoms with Gasteiger partial charge in [-0.05, 0) is 62.5 Å². The Morgan fingerprint density at radius 3 is 2.49 bits per heavy atom. The molecule has 37 heavy (non-hydrogen) atoms. The van der Waals surface area contributed by atoms with Gasteiger partial charge in [-0.25, -0.2) is 0 Å². The molecular formula is C30H34N4O2S. The number of nitrogens with zero attached hydrogens (tertiary/aromatic N) is 4. The van der Waals surface area contributed by atoms with Crippen LogP contribution in [-0.4, -0.2) is 52.7 Å². The molecule has 1 aromatic heterocycles. The van der Waals surface area contributed by atoms with E-state index < -0.39 is 0 Å². The third-order valence-corrected chi connectivity index (χ3v) is 9.24. The SMILES string of the molecule is Cc1c2n(ccc1=O)N(C1c3ccccc3CSc3ccccc31)CN(C(C)CN1CCCCC1)C2=O. The van der Waals surface area contributed by atoms with Crippen LogP contribution in [0, 0.1) is 6.92 Å². The molecular weight excluding hydrogens is 480 g/mol. The Morgan fingerprint density at radius 2 is 1.68 bits per heavy atom. The smallest absolute Gasteiger partial charge is 0.274 e. The van der Waals surface area contributed by atoms with Crippen LogP contribution in [0.1, 0.15) is 65.0 Å². The van der Waals surface area contributed by atoms with E-state index in [-0.39, 0.29) is 23.4 Å². The molecule has 1 amide bonds. The predicted molar refractivity (Wildman–Crippen MR) is 149 cm³/mol. The molecule has 0 aliphatic carbocycles. The number of thioether (sulfide) groups is 1. The van der Waals surface area contributed by atoms with Gasteiger partial charge in [0.15, 0.2) is 5.43 Å². The fourth-order valence-corrected chi connectivity index (χ4v) is 7.19. The number of likely N-dealkylation sites (tertiary alicyclic amines) is 1. The van der Waals surface area contributed by atoms with Gasteiger partial charge >= 0.3 is 0 Å². The molecule has 3 aromatic rings. The van der Waals surface area contributed by atoms with Crippen LogP contribution >= 0.6 is 11.8 Å². The fourth-order valence-electron chi connectivity index (χ4n) is 6.10. The van der Waals surface area contributed by atoms with Crippen molar-refractivity contribution in [1.29, 1.82) is 0 Å². The maximum Gasteiger partial charge on any atom is 0.274 e. The number of hydrogen-bond donors (Lipinski definition) is 0. The van der Waals surface area contributed by atoms with E-state index in [0.717, 1.165) is 25.4 Å². The van der Waals surface area contributed by atoms with Crippen molar-refractivity contribution < 1.29 is 4.79 Å². The summed E-state index contributed by atoms with van der Waals surface area (Å²) in [6, 6.07) is 18.8. The Morgan fingerprint density at radius 1 is 0.946 bits per heavy atom. The van der Waals surface area contributed by atoms with Crippen molar-refractivity contribution in [1.82, 2.24) is 14.5 Å². The van der Waals surface area contributed by atoms with Crippen LogP contribution in [-0.2, 0) is 5.75 Å². The lowest BCUT2D eigenvalue weighted by Crippen LogP contribution is -2.59.